The van der Waals surface area contributed by atoms with Crippen LogP contribution in [0.2, 0.25) is 0 Å². The average molecular weight is 386 g/mol. The van der Waals surface area contributed by atoms with E-state index >= 15 is 0 Å². The number of anilines is 2. The molecular weight excluding hydrogens is 358 g/mol. The van der Waals surface area contributed by atoms with Gasteiger partial charge in [-0.15, -0.1) is 0 Å². The molecule has 0 N–H and O–H groups in total. The summed E-state index contributed by atoms with van der Waals surface area (Å²) in [5, 5.41) is 0. The highest BCUT2D eigenvalue weighted by atomic mass is 16.5. The highest BCUT2D eigenvalue weighted by Crippen LogP contribution is 2.36. The molecule has 1 aliphatic heterocycles. The van der Waals surface area contributed by atoms with Crippen LogP contribution >= 0.6 is 0 Å². The molecule has 148 valence electrons. The first kappa shape index (κ1) is 19.3. The number of rotatable bonds is 7. The minimum absolute atomic E-state index is 0.0848. The molecule has 0 aliphatic carbocycles. The van der Waals surface area contributed by atoms with Crippen LogP contribution in [0.5, 0.6) is 5.75 Å². The van der Waals surface area contributed by atoms with E-state index in [9.17, 15) is 4.79 Å². The molecular formula is C26H27NO2. The van der Waals surface area contributed by atoms with Gasteiger partial charge >= 0.3 is 0 Å². The lowest BCUT2D eigenvalue weighted by Crippen LogP contribution is -2.20. The lowest BCUT2D eigenvalue weighted by molar-refractivity contribution is -0.109. The van der Waals surface area contributed by atoms with Gasteiger partial charge in [0.1, 0.15) is 12.0 Å². The van der Waals surface area contributed by atoms with Gasteiger partial charge < -0.3 is 14.4 Å². The Morgan fingerprint density at radius 1 is 0.897 bits per heavy atom. The Labute approximate surface area is 172 Å². The molecule has 0 fully saturated rings. The van der Waals surface area contributed by atoms with E-state index in [1.165, 1.54) is 22.5 Å². The first-order chi connectivity index (χ1) is 14.3. The van der Waals surface area contributed by atoms with E-state index in [1.807, 2.05) is 24.3 Å². The van der Waals surface area contributed by atoms with E-state index in [1.54, 1.807) is 7.11 Å². The average Bonchev–Trinajstić information content (AvgIpc) is 2.94. The number of aldehydes is 1. The summed E-state index contributed by atoms with van der Waals surface area (Å²) in [5.74, 6) is 0.731. The summed E-state index contributed by atoms with van der Waals surface area (Å²) in [4.78, 5) is 14.2. The maximum Gasteiger partial charge on any atom is 0.127 e. The molecule has 0 amide bonds. The molecule has 0 bridgehead atoms. The van der Waals surface area contributed by atoms with Crippen LogP contribution in [0.25, 0.3) is 0 Å². The minimum Gasteiger partial charge on any atom is -0.497 e. The number of benzene rings is 3. The normalized spacial score (nSPS) is 13.8. The molecule has 0 aromatic heterocycles. The molecule has 3 aromatic carbocycles. The highest BCUT2D eigenvalue weighted by Gasteiger charge is 2.20. The van der Waals surface area contributed by atoms with Crippen LogP contribution in [-0.2, 0) is 17.6 Å². The lowest BCUT2D eigenvalue weighted by Gasteiger charge is -2.27. The zero-order chi connectivity index (χ0) is 20.1. The van der Waals surface area contributed by atoms with E-state index < -0.39 is 0 Å². The van der Waals surface area contributed by atoms with Crippen molar-refractivity contribution in [3.05, 3.63) is 89.5 Å². The van der Waals surface area contributed by atoms with Crippen LogP contribution in [-0.4, -0.2) is 19.9 Å². The number of aryl methyl sites for hydroxylation is 2. The van der Waals surface area contributed by atoms with Crippen LogP contribution in [0.3, 0.4) is 0 Å². The van der Waals surface area contributed by atoms with Crippen molar-refractivity contribution < 1.29 is 9.53 Å². The molecule has 1 unspecified atom stereocenters. The molecule has 1 aliphatic rings. The standard InChI is InChI=1S/C26H27NO2/c1-29-24-16-14-20(15-17-24)23(19-28)9-6-18-27-25-10-4-2-7-21(25)12-13-22-8-3-5-11-26(22)27/h2-5,7-8,10-11,14-17,19,23H,6,9,12-13,18H2,1H3. The molecule has 3 heteroatoms. The van der Waals surface area contributed by atoms with Crippen LogP contribution in [0.1, 0.15) is 35.4 Å². The summed E-state index contributed by atoms with van der Waals surface area (Å²) in [7, 11) is 1.66. The molecule has 4 rings (SSSR count). The van der Waals surface area contributed by atoms with Gasteiger partial charge in [0.2, 0.25) is 0 Å². The number of hydrogen-bond acceptors (Lipinski definition) is 3. The van der Waals surface area contributed by atoms with E-state index in [4.69, 9.17) is 4.74 Å². The molecule has 29 heavy (non-hydrogen) atoms. The summed E-state index contributed by atoms with van der Waals surface area (Å²) in [6.45, 7) is 0.897. The summed E-state index contributed by atoms with van der Waals surface area (Å²) in [5.41, 5.74) is 6.43. The highest BCUT2D eigenvalue weighted by molar-refractivity contribution is 5.71. The quantitative estimate of drug-likeness (QED) is 0.489. The molecule has 0 radical (unpaired) electrons. The van der Waals surface area contributed by atoms with Crippen molar-refractivity contribution >= 4 is 17.7 Å². The third-order valence-corrected chi connectivity index (χ3v) is 5.83. The second-order valence-electron chi connectivity index (χ2n) is 7.57. The van der Waals surface area contributed by atoms with E-state index in [0.717, 1.165) is 49.8 Å². The number of para-hydroxylation sites is 2. The Kier molecular flexibility index (Phi) is 5.95. The molecule has 0 spiro atoms. The molecule has 0 saturated carbocycles. The van der Waals surface area contributed by atoms with Crippen molar-refractivity contribution in [1.29, 1.82) is 0 Å². The maximum atomic E-state index is 11.7. The number of carbonyl (C=O) groups excluding carboxylic acids is 1. The van der Waals surface area contributed by atoms with Gasteiger partial charge in [-0.2, -0.15) is 0 Å². The van der Waals surface area contributed by atoms with Crippen molar-refractivity contribution in [2.24, 2.45) is 0 Å². The molecule has 1 heterocycles. The van der Waals surface area contributed by atoms with Gasteiger partial charge in [-0.05, 0) is 66.6 Å². The molecule has 3 aromatic rings. The summed E-state index contributed by atoms with van der Waals surface area (Å²) < 4.78 is 5.23. The zero-order valence-electron chi connectivity index (χ0n) is 16.9. The fourth-order valence-corrected chi connectivity index (χ4v) is 4.24. The Balaban J connectivity index is 1.52. The summed E-state index contributed by atoms with van der Waals surface area (Å²) >= 11 is 0. The van der Waals surface area contributed by atoms with Crippen molar-refractivity contribution in [2.45, 2.75) is 31.6 Å². The van der Waals surface area contributed by atoms with Gasteiger partial charge in [-0.3, -0.25) is 0 Å². The van der Waals surface area contributed by atoms with Crippen LogP contribution < -0.4 is 9.64 Å². The fraction of sp³-hybridized carbons (Fsp3) is 0.269. The fourth-order valence-electron chi connectivity index (χ4n) is 4.24. The van der Waals surface area contributed by atoms with E-state index in [0.29, 0.717) is 0 Å². The Morgan fingerprint density at radius 3 is 2.03 bits per heavy atom. The Morgan fingerprint density at radius 2 is 1.48 bits per heavy atom. The Bertz CT molecular complexity index is 917. The van der Waals surface area contributed by atoms with E-state index in [-0.39, 0.29) is 5.92 Å². The number of fused-ring (bicyclic) bond motifs is 2. The summed E-state index contributed by atoms with van der Waals surface area (Å²) in [6, 6.07) is 25.2. The second kappa shape index (κ2) is 8.95. The van der Waals surface area contributed by atoms with Gasteiger partial charge in [0.05, 0.1) is 7.11 Å². The van der Waals surface area contributed by atoms with Gasteiger partial charge in [-0.25, -0.2) is 0 Å². The van der Waals surface area contributed by atoms with Gasteiger partial charge in [-0.1, -0.05) is 48.5 Å². The van der Waals surface area contributed by atoms with Crippen LogP contribution in [0.4, 0.5) is 11.4 Å². The zero-order valence-corrected chi connectivity index (χ0v) is 16.9. The van der Waals surface area contributed by atoms with Crippen molar-refractivity contribution in [3.63, 3.8) is 0 Å². The number of ether oxygens (including phenoxy) is 1. The number of carbonyl (C=O) groups is 1. The summed E-state index contributed by atoms with van der Waals surface area (Å²) in [6.07, 6.45) is 4.97. The molecule has 3 nitrogen and oxygen atoms in total. The monoisotopic (exact) mass is 385 g/mol. The van der Waals surface area contributed by atoms with Gasteiger partial charge in [0.15, 0.2) is 0 Å². The smallest absolute Gasteiger partial charge is 0.127 e. The van der Waals surface area contributed by atoms with Crippen molar-refractivity contribution in [2.75, 3.05) is 18.6 Å². The SMILES string of the molecule is COc1ccc(C(C=O)CCCN2c3ccccc3CCc3ccccc32)cc1. The van der Waals surface area contributed by atoms with Gasteiger partial charge in [0, 0.05) is 23.8 Å². The Hall–Kier alpha value is -3.07. The van der Waals surface area contributed by atoms with Gasteiger partial charge in [0.25, 0.3) is 0 Å². The topological polar surface area (TPSA) is 29.5 Å². The number of methoxy groups -OCH3 is 1. The number of hydrogen-bond donors (Lipinski definition) is 0. The first-order valence-corrected chi connectivity index (χ1v) is 10.3. The second-order valence-corrected chi connectivity index (χ2v) is 7.57. The predicted molar refractivity (Wildman–Crippen MR) is 118 cm³/mol. The van der Waals surface area contributed by atoms with Crippen molar-refractivity contribution in [3.8, 4) is 5.75 Å². The molecule has 1 atom stereocenters. The largest absolute Gasteiger partial charge is 0.497 e. The third kappa shape index (κ3) is 4.19. The van der Waals surface area contributed by atoms with Crippen molar-refractivity contribution in [1.82, 2.24) is 0 Å². The van der Waals surface area contributed by atoms with Crippen LogP contribution in [0.15, 0.2) is 72.8 Å². The van der Waals surface area contributed by atoms with E-state index in [2.05, 4.69) is 53.4 Å². The first-order valence-electron chi connectivity index (χ1n) is 10.3. The van der Waals surface area contributed by atoms with Crippen LogP contribution in [0, 0.1) is 0 Å². The number of nitrogens with zero attached hydrogens (tertiary/aromatic N) is 1. The lowest BCUT2D eigenvalue weighted by atomic mass is 9.95. The maximum absolute atomic E-state index is 11.7. The molecule has 0 saturated heterocycles. The third-order valence-electron chi connectivity index (χ3n) is 5.83. The minimum atomic E-state index is -0.0848. The predicted octanol–water partition coefficient (Wildman–Crippen LogP) is 5.69.